The molecular formula is C22H19ClN2O4S2. The summed E-state index contributed by atoms with van der Waals surface area (Å²) in [4.78, 5) is 25.8. The summed E-state index contributed by atoms with van der Waals surface area (Å²) in [7, 11) is 0. The zero-order chi connectivity index (χ0) is 22.0. The summed E-state index contributed by atoms with van der Waals surface area (Å²) in [6.07, 6.45) is 2.20. The lowest BCUT2D eigenvalue weighted by atomic mass is 10.1. The maximum absolute atomic E-state index is 11.8. The molecule has 160 valence electrons. The number of ether oxygens (including phenoxy) is 2. The summed E-state index contributed by atoms with van der Waals surface area (Å²) in [5.74, 6) is 0.962. The van der Waals surface area contributed by atoms with Crippen molar-refractivity contribution in [1.82, 2.24) is 10.2 Å². The fourth-order valence-corrected chi connectivity index (χ4v) is 4.67. The Labute approximate surface area is 194 Å². The molecule has 0 spiro atoms. The van der Waals surface area contributed by atoms with Gasteiger partial charge in [0.2, 0.25) is 0 Å². The number of carbonyl (C=O) groups excluding carboxylic acids is 2. The number of hydrogen-bond acceptors (Lipinski definition) is 6. The largest absolute Gasteiger partial charge is 0.456 e. The number of carbonyl (C=O) groups is 2. The zero-order valence-corrected chi connectivity index (χ0v) is 19.0. The van der Waals surface area contributed by atoms with Crippen LogP contribution in [0.15, 0.2) is 47.4 Å². The van der Waals surface area contributed by atoms with Gasteiger partial charge in [0.15, 0.2) is 0 Å². The van der Waals surface area contributed by atoms with Crippen molar-refractivity contribution in [3.05, 3.63) is 63.5 Å². The lowest BCUT2D eigenvalue weighted by molar-refractivity contribution is -0.115. The predicted octanol–water partition coefficient (Wildman–Crippen LogP) is 5.00. The Balaban J connectivity index is 1.41. The minimum absolute atomic E-state index is 0.0508. The standard InChI is InChI=1S/C22H19ClN2O4S2/c1-2-25-15(12-28-22(25)27)9-13-3-6-16(7-4-13)29-18-8-5-14(10-17(18)23)11-19-20(26)24-21(30)31-19/h3-8,10-11,15H,2,9,12H2,1H3,(H,24,26,30). The molecule has 1 atom stereocenters. The van der Waals surface area contributed by atoms with Gasteiger partial charge in [-0.15, -0.1) is 0 Å². The number of thioether (sulfide) groups is 1. The summed E-state index contributed by atoms with van der Waals surface area (Å²) in [6.45, 7) is 2.99. The van der Waals surface area contributed by atoms with Crippen molar-refractivity contribution >= 4 is 58.0 Å². The number of nitrogens with zero attached hydrogens (tertiary/aromatic N) is 1. The van der Waals surface area contributed by atoms with E-state index in [0.717, 1.165) is 17.5 Å². The van der Waals surface area contributed by atoms with Crippen LogP contribution in [-0.2, 0) is 16.0 Å². The van der Waals surface area contributed by atoms with Crippen LogP contribution in [-0.4, -0.2) is 40.4 Å². The van der Waals surface area contributed by atoms with Crippen LogP contribution < -0.4 is 10.1 Å². The number of amides is 2. The van der Waals surface area contributed by atoms with Crippen molar-refractivity contribution in [3.63, 3.8) is 0 Å². The molecule has 2 aromatic rings. The Hall–Kier alpha value is -2.55. The van der Waals surface area contributed by atoms with Crippen LogP contribution in [0.4, 0.5) is 4.79 Å². The van der Waals surface area contributed by atoms with Crippen molar-refractivity contribution in [3.8, 4) is 11.5 Å². The summed E-state index contributed by atoms with van der Waals surface area (Å²) in [6, 6.07) is 13.1. The van der Waals surface area contributed by atoms with Crippen LogP contribution in [0.1, 0.15) is 18.1 Å². The lowest BCUT2D eigenvalue weighted by Crippen LogP contribution is -2.34. The van der Waals surface area contributed by atoms with E-state index < -0.39 is 0 Å². The van der Waals surface area contributed by atoms with Crippen LogP contribution in [0.5, 0.6) is 11.5 Å². The summed E-state index contributed by atoms with van der Waals surface area (Å²) in [5, 5.41) is 3.02. The highest BCUT2D eigenvalue weighted by molar-refractivity contribution is 8.26. The van der Waals surface area contributed by atoms with E-state index in [4.69, 9.17) is 33.3 Å². The highest BCUT2D eigenvalue weighted by Crippen LogP contribution is 2.33. The SMILES string of the molecule is CCN1C(=O)OCC1Cc1ccc(Oc2ccc(C=C3SC(=S)NC3=O)cc2Cl)cc1. The van der Waals surface area contributed by atoms with E-state index in [1.54, 1.807) is 23.1 Å². The number of hydrogen-bond donors (Lipinski definition) is 1. The Morgan fingerprint density at radius 2 is 2.06 bits per heavy atom. The molecule has 2 aliphatic rings. The van der Waals surface area contributed by atoms with Gasteiger partial charge < -0.3 is 19.7 Å². The molecule has 9 heteroatoms. The number of likely N-dealkylation sites (N-methyl/N-ethyl adjacent to an activating group) is 1. The molecule has 31 heavy (non-hydrogen) atoms. The molecule has 1 N–H and O–H groups in total. The molecule has 2 heterocycles. The van der Waals surface area contributed by atoms with Gasteiger partial charge in [-0.05, 0) is 54.8 Å². The van der Waals surface area contributed by atoms with E-state index in [9.17, 15) is 9.59 Å². The molecular weight excluding hydrogens is 456 g/mol. The Morgan fingerprint density at radius 3 is 2.71 bits per heavy atom. The molecule has 0 radical (unpaired) electrons. The smallest absolute Gasteiger partial charge is 0.410 e. The van der Waals surface area contributed by atoms with Crippen molar-refractivity contribution in [2.24, 2.45) is 0 Å². The zero-order valence-electron chi connectivity index (χ0n) is 16.6. The number of halogens is 1. The fraction of sp³-hybridized carbons (Fsp3) is 0.227. The molecule has 0 bridgehead atoms. The highest BCUT2D eigenvalue weighted by Gasteiger charge is 2.31. The van der Waals surface area contributed by atoms with Gasteiger partial charge in [0.1, 0.15) is 22.4 Å². The third-order valence-electron chi connectivity index (χ3n) is 4.93. The van der Waals surface area contributed by atoms with Gasteiger partial charge in [0.25, 0.3) is 5.91 Å². The maximum Gasteiger partial charge on any atom is 0.410 e. The molecule has 4 rings (SSSR count). The number of cyclic esters (lactones) is 1. The topological polar surface area (TPSA) is 67.9 Å². The average Bonchev–Trinajstić information content (AvgIpc) is 3.25. The first-order valence-corrected chi connectivity index (χ1v) is 11.3. The molecule has 0 aromatic heterocycles. The molecule has 0 aliphatic carbocycles. The monoisotopic (exact) mass is 474 g/mol. The van der Waals surface area contributed by atoms with Crippen molar-refractivity contribution in [2.45, 2.75) is 19.4 Å². The van der Waals surface area contributed by atoms with Crippen molar-refractivity contribution in [1.29, 1.82) is 0 Å². The normalized spacial score (nSPS) is 19.7. The molecule has 2 aromatic carbocycles. The molecule has 6 nitrogen and oxygen atoms in total. The minimum Gasteiger partial charge on any atom is -0.456 e. The van der Waals surface area contributed by atoms with Crippen LogP contribution in [0.25, 0.3) is 6.08 Å². The van der Waals surface area contributed by atoms with Gasteiger partial charge >= 0.3 is 6.09 Å². The van der Waals surface area contributed by atoms with Gasteiger partial charge in [-0.3, -0.25) is 4.79 Å². The maximum atomic E-state index is 11.8. The number of nitrogens with one attached hydrogen (secondary N) is 1. The molecule has 2 saturated heterocycles. The van der Waals surface area contributed by atoms with Gasteiger partial charge in [0.05, 0.1) is 16.0 Å². The van der Waals surface area contributed by atoms with Crippen molar-refractivity contribution < 1.29 is 19.1 Å². The number of rotatable bonds is 6. The predicted molar refractivity (Wildman–Crippen MR) is 125 cm³/mol. The lowest BCUT2D eigenvalue weighted by Gasteiger charge is -2.19. The third kappa shape index (κ3) is 5.03. The molecule has 0 saturated carbocycles. The van der Waals surface area contributed by atoms with Gasteiger partial charge in [-0.25, -0.2) is 4.79 Å². The molecule has 2 aliphatic heterocycles. The van der Waals surface area contributed by atoms with E-state index in [1.165, 1.54) is 11.8 Å². The summed E-state index contributed by atoms with van der Waals surface area (Å²) < 4.78 is 11.5. The number of benzene rings is 2. The van der Waals surface area contributed by atoms with Crippen LogP contribution >= 0.6 is 35.6 Å². The summed E-state index contributed by atoms with van der Waals surface area (Å²) >= 11 is 12.6. The second-order valence-electron chi connectivity index (χ2n) is 7.01. The second-order valence-corrected chi connectivity index (χ2v) is 9.14. The van der Waals surface area contributed by atoms with Gasteiger partial charge in [-0.1, -0.05) is 53.8 Å². The van der Waals surface area contributed by atoms with Crippen LogP contribution in [0.3, 0.4) is 0 Å². The van der Waals surface area contributed by atoms with Crippen LogP contribution in [0.2, 0.25) is 5.02 Å². The number of thiocarbonyl (C=S) groups is 1. The Morgan fingerprint density at radius 1 is 1.29 bits per heavy atom. The molecule has 2 fully saturated rings. The first-order chi connectivity index (χ1) is 14.9. The molecule has 1 unspecified atom stereocenters. The highest BCUT2D eigenvalue weighted by atomic mass is 35.5. The van der Waals surface area contributed by atoms with E-state index in [-0.39, 0.29) is 18.0 Å². The fourth-order valence-electron chi connectivity index (χ4n) is 3.40. The van der Waals surface area contributed by atoms with Gasteiger partial charge in [0, 0.05) is 6.54 Å². The van der Waals surface area contributed by atoms with E-state index >= 15 is 0 Å². The average molecular weight is 475 g/mol. The van der Waals surface area contributed by atoms with Gasteiger partial charge in [-0.2, -0.15) is 0 Å². The first-order valence-electron chi connectivity index (χ1n) is 9.67. The Bertz CT molecular complexity index is 1070. The third-order valence-corrected chi connectivity index (χ3v) is 6.39. The van der Waals surface area contributed by atoms with E-state index in [1.807, 2.05) is 37.3 Å². The van der Waals surface area contributed by atoms with Crippen LogP contribution in [0, 0.1) is 0 Å². The first kappa shape index (κ1) is 21.7. The Kier molecular flexibility index (Phi) is 6.50. The van der Waals surface area contributed by atoms with E-state index in [0.29, 0.717) is 38.9 Å². The van der Waals surface area contributed by atoms with E-state index in [2.05, 4.69) is 5.32 Å². The summed E-state index contributed by atoms with van der Waals surface area (Å²) in [5.41, 5.74) is 1.87. The minimum atomic E-state index is -0.254. The second kappa shape index (κ2) is 9.30. The van der Waals surface area contributed by atoms with Crippen molar-refractivity contribution in [2.75, 3.05) is 13.2 Å². The molecule has 2 amide bonds. The quantitative estimate of drug-likeness (QED) is 0.469.